The third-order valence-electron chi connectivity index (χ3n) is 4.71. The molecular weight excluding hydrogens is 354 g/mol. The van der Waals surface area contributed by atoms with Gasteiger partial charge in [0, 0.05) is 37.8 Å². The van der Waals surface area contributed by atoms with Crippen LogP contribution in [0.4, 0.5) is 5.69 Å². The zero-order chi connectivity index (χ0) is 18.7. The SMILES string of the molecule is CC(CNS(=O)(=O)c1ccc([N+](=O)[O-])cc1)N1CCc2ccccc2C1. The van der Waals surface area contributed by atoms with Crippen molar-refractivity contribution >= 4 is 15.7 Å². The highest BCUT2D eigenvalue weighted by atomic mass is 32.2. The summed E-state index contributed by atoms with van der Waals surface area (Å²) in [5.74, 6) is 0. The third kappa shape index (κ3) is 4.09. The Hall–Kier alpha value is -2.29. The van der Waals surface area contributed by atoms with Crippen molar-refractivity contribution in [2.24, 2.45) is 0 Å². The topological polar surface area (TPSA) is 92.5 Å². The monoisotopic (exact) mass is 375 g/mol. The van der Waals surface area contributed by atoms with Crippen molar-refractivity contribution in [3.63, 3.8) is 0 Å². The van der Waals surface area contributed by atoms with Gasteiger partial charge in [0.2, 0.25) is 10.0 Å². The van der Waals surface area contributed by atoms with Crippen molar-refractivity contribution in [3.8, 4) is 0 Å². The van der Waals surface area contributed by atoms with Gasteiger partial charge in [0.05, 0.1) is 9.82 Å². The maximum atomic E-state index is 12.4. The number of hydrogen-bond donors (Lipinski definition) is 1. The maximum absolute atomic E-state index is 12.4. The Bertz CT molecular complexity index is 897. The van der Waals surface area contributed by atoms with Gasteiger partial charge in [-0.2, -0.15) is 0 Å². The fourth-order valence-corrected chi connectivity index (χ4v) is 4.21. The Kier molecular flexibility index (Phi) is 5.36. The second-order valence-corrected chi connectivity index (χ2v) is 8.21. The number of hydrogen-bond acceptors (Lipinski definition) is 5. The third-order valence-corrected chi connectivity index (χ3v) is 6.15. The van der Waals surface area contributed by atoms with E-state index in [1.165, 1.54) is 35.4 Å². The molecule has 7 nitrogen and oxygen atoms in total. The zero-order valence-corrected chi connectivity index (χ0v) is 15.3. The number of nitrogens with one attached hydrogen (secondary N) is 1. The Morgan fingerprint density at radius 2 is 1.81 bits per heavy atom. The lowest BCUT2D eigenvalue weighted by molar-refractivity contribution is -0.384. The molecule has 0 amide bonds. The Labute approximate surface area is 152 Å². The molecule has 26 heavy (non-hydrogen) atoms. The summed E-state index contributed by atoms with van der Waals surface area (Å²) in [6.07, 6.45) is 0.954. The molecule has 0 bridgehead atoms. The Morgan fingerprint density at radius 3 is 2.46 bits per heavy atom. The standard InChI is InChI=1S/C18H21N3O4S/c1-14(20-11-10-15-4-2-3-5-16(15)13-20)12-19-26(24,25)18-8-6-17(7-9-18)21(22)23/h2-9,14,19H,10-13H2,1H3. The van der Waals surface area contributed by atoms with Crippen LogP contribution in [0.2, 0.25) is 0 Å². The molecule has 3 rings (SSSR count). The molecule has 0 aliphatic carbocycles. The number of sulfonamides is 1. The highest BCUT2D eigenvalue weighted by Gasteiger charge is 2.22. The first-order valence-corrected chi connectivity index (χ1v) is 9.90. The lowest BCUT2D eigenvalue weighted by Gasteiger charge is -2.33. The van der Waals surface area contributed by atoms with Crippen LogP contribution < -0.4 is 4.72 Å². The minimum absolute atomic E-state index is 0.0271. The Balaban J connectivity index is 1.61. The van der Waals surface area contributed by atoms with Crippen LogP contribution in [0, 0.1) is 10.1 Å². The van der Waals surface area contributed by atoms with Crippen LogP contribution in [0.5, 0.6) is 0 Å². The van der Waals surface area contributed by atoms with Gasteiger partial charge in [-0.15, -0.1) is 0 Å². The number of benzene rings is 2. The molecule has 0 radical (unpaired) electrons. The molecule has 1 N–H and O–H groups in total. The minimum atomic E-state index is -3.70. The summed E-state index contributed by atoms with van der Waals surface area (Å²) in [6.45, 7) is 3.96. The summed E-state index contributed by atoms with van der Waals surface area (Å²) in [5.41, 5.74) is 2.50. The average molecular weight is 375 g/mol. The van der Waals surface area contributed by atoms with Gasteiger partial charge in [-0.25, -0.2) is 13.1 Å². The summed E-state index contributed by atoms with van der Waals surface area (Å²) >= 11 is 0. The zero-order valence-electron chi connectivity index (χ0n) is 14.5. The van der Waals surface area contributed by atoms with Crippen molar-refractivity contribution in [3.05, 3.63) is 69.8 Å². The van der Waals surface area contributed by atoms with Gasteiger partial charge in [0.25, 0.3) is 5.69 Å². The molecule has 1 heterocycles. The van der Waals surface area contributed by atoms with E-state index in [-0.39, 0.29) is 23.2 Å². The summed E-state index contributed by atoms with van der Waals surface area (Å²) in [5, 5.41) is 10.7. The van der Waals surface area contributed by atoms with Crippen molar-refractivity contribution in [2.75, 3.05) is 13.1 Å². The fourth-order valence-electron chi connectivity index (χ4n) is 3.08. The highest BCUT2D eigenvalue weighted by molar-refractivity contribution is 7.89. The summed E-state index contributed by atoms with van der Waals surface area (Å²) < 4.78 is 27.4. The largest absolute Gasteiger partial charge is 0.295 e. The molecule has 0 saturated carbocycles. The van der Waals surface area contributed by atoms with Crippen molar-refractivity contribution in [2.45, 2.75) is 30.8 Å². The van der Waals surface area contributed by atoms with Crippen LogP contribution in [-0.2, 0) is 23.0 Å². The second-order valence-electron chi connectivity index (χ2n) is 6.44. The molecular formula is C18H21N3O4S. The first-order valence-electron chi connectivity index (χ1n) is 8.42. The number of nitro benzene ring substituents is 1. The van der Waals surface area contributed by atoms with E-state index in [4.69, 9.17) is 0 Å². The van der Waals surface area contributed by atoms with Crippen molar-refractivity contribution in [1.82, 2.24) is 9.62 Å². The van der Waals surface area contributed by atoms with Crippen LogP contribution in [0.15, 0.2) is 53.4 Å². The minimum Gasteiger partial charge on any atom is -0.295 e. The van der Waals surface area contributed by atoms with Gasteiger partial charge in [0.15, 0.2) is 0 Å². The van der Waals surface area contributed by atoms with E-state index in [0.29, 0.717) is 0 Å². The predicted octanol–water partition coefficient (Wildman–Crippen LogP) is 2.32. The molecule has 1 atom stereocenters. The molecule has 0 spiro atoms. The Morgan fingerprint density at radius 1 is 1.15 bits per heavy atom. The highest BCUT2D eigenvalue weighted by Crippen LogP contribution is 2.20. The van der Waals surface area contributed by atoms with E-state index in [0.717, 1.165) is 19.5 Å². The lowest BCUT2D eigenvalue weighted by Crippen LogP contribution is -2.44. The molecule has 1 unspecified atom stereocenters. The quantitative estimate of drug-likeness (QED) is 0.618. The van der Waals surface area contributed by atoms with Gasteiger partial charge < -0.3 is 0 Å². The van der Waals surface area contributed by atoms with E-state index >= 15 is 0 Å². The van der Waals surface area contributed by atoms with Gasteiger partial charge in [0.1, 0.15) is 0 Å². The van der Waals surface area contributed by atoms with E-state index in [1.54, 1.807) is 0 Å². The van der Waals surface area contributed by atoms with Crippen LogP contribution >= 0.6 is 0 Å². The molecule has 8 heteroatoms. The van der Waals surface area contributed by atoms with Crippen LogP contribution in [-0.4, -0.2) is 37.4 Å². The first-order chi connectivity index (χ1) is 12.4. The van der Waals surface area contributed by atoms with Crippen molar-refractivity contribution in [1.29, 1.82) is 0 Å². The summed E-state index contributed by atoms with van der Waals surface area (Å²) in [7, 11) is -3.70. The van der Waals surface area contributed by atoms with Crippen LogP contribution in [0.25, 0.3) is 0 Å². The molecule has 1 aliphatic rings. The van der Waals surface area contributed by atoms with E-state index in [2.05, 4.69) is 21.8 Å². The molecule has 0 fully saturated rings. The number of fused-ring (bicyclic) bond motifs is 1. The smallest absolute Gasteiger partial charge is 0.269 e. The first kappa shape index (κ1) is 18.5. The number of rotatable bonds is 6. The summed E-state index contributed by atoms with van der Waals surface area (Å²) in [4.78, 5) is 12.4. The van der Waals surface area contributed by atoms with Gasteiger partial charge in [-0.05, 0) is 36.6 Å². The normalized spacial score (nSPS) is 16.0. The van der Waals surface area contributed by atoms with Gasteiger partial charge in [-0.3, -0.25) is 15.0 Å². The van der Waals surface area contributed by atoms with E-state index in [1.807, 2.05) is 19.1 Å². The number of nitro groups is 1. The molecule has 0 saturated heterocycles. The fraction of sp³-hybridized carbons (Fsp3) is 0.333. The molecule has 2 aromatic carbocycles. The van der Waals surface area contributed by atoms with Crippen molar-refractivity contribution < 1.29 is 13.3 Å². The predicted molar refractivity (Wildman–Crippen MR) is 98.3 cm³/mol. The molecule has 2 aromatic rings. The average Bonchev–Trinajstić information content (AvgIpc) is 2.66. The van der Waals surface area contributed by atoms with Gasteiger partial charge in [-0.1, -0.05) is 24.3 Å². The second kappa shape index (κ2) is 7.53. The van der Waals surface area contributed by atoms with Crippen LogP contribution in [0.3, 0.4) is 0 Å². The van der Waals surface area contributed by atoms with Gasteiger partial charge >= 0.3 is 0 Å². The summed E-state index contributed by atoms with van der Waals surface area (Å²) in [6, 6.07) is 13.2. The molecule has 1 aliphatic heterocycles. The van der Waals surface area contributed by atoms with Crippen LogP contribution in [0.1, 0.15) is 18.1 Å². The van der Waals surface area contributed by atoms with E-state index in [9.17, 15) is 18.5 Å². The van der Waals surface area contributed by atoms with E-state index < -0.39 is 14.9 Å². The number of nitrogens with zero attached hydrogens (tertiary/aromatic N) is 2. The molecule has 138 valence electrons. The molecule has 0 aromatic heterocycles. The number of non-ortho nitro benzene ring substituents is 1. The maximum Gasteiger partial charge on any atom is 0.269 e. The lowest BCUT2D eigenvalue weighted by atomic mass is 9.99.